The van der Waals surface area contributed by atoms with E-state index < -0.39 is 10.8 Å². The van der Waals surface area contributed by atoms with Crippen molar-refractivity contribution in [3.63, 3.8) is 0 Å². The van der Waals surface area contributed by atoms with Crippen molar-refractivity contribution in [3.05, 3.63) is 116 Å². The van der Waals surface area contributed by atoms with E-state index in [9.17, 15) is 19.7 Å². The first kappa shape index (κ1) is 26.5. The molecule has 10 heteroatoms. The Kier molecular flexibility index (Phi) is 7.94. The molecule has 0 bridgehead atoms. The van der Waals surface area contributed by atoms with E-state index in [0.717, 1.165) is 31.9 Å². The minimum atomic E-state index is -0.457. The Morgan fingerprint density at radius 3 is 2.54 bits per heavy atom. The van der Waals surface area contributed by atoms with E-state index in [0.29, 0.717) is 22.6 Å². The Labute approximate surface area is 236 Å². The summed E-state index contributed by atoms with van der Waals surface area (Å²) in [6, 6.07) is 25.1. The molecule has 8 nitrogen and oxygen atoms in total. The average Bonchev–Trinajstić information content (AvgIpc) is 3.20. The number of hydrogen-bond donors (Lipinski definition) is 0. The number of para-hydroxylation sites is 1. The number of rotatable bonds is 9. The molecule has 1 aliphatic heterocycles. The van der Waals surface area contributed by atoms with E-state index in [1.54, 1.807) is 42.5 Å². The lowest BCUT2D eigenvalue weighted by Gasteiger charge is -2.14. The molecule has 0 aliphatic carbocycles. The van der Waals surface area contributed by atoms with Crippen LogP contribution in [0.2, 0.25) is 0 Å². The molecule has 2 amide bonds. The van der Waals surface area contributed by atoms with Gasteiger partial charge in [0.2, 0.25) is 0 Å². The number of nitro groups is 1. The fraction of sp³-hybridized carbons (Fsp3) is 0.103. The van der Waals surface area contributed by atoms with Crippen LogP contribution in [-0.2, 0) is 11.4 Å². The number of nitro benzene ring substituents is 1. The first-order chi connectivity index (χ1) is 18.9. The number of carbonyl (C=O) groups is 2. The van der Waals surface area contributed by atoms with Crippen molar-refractivity contribution in [1.29, 1.82) is 0 Å². The highest BCUT2D eigenvalue weighted by Gasteiger charge is 2.35. The summed E-state index contributed by atoms with van der Waals surface area (Å²) >= 11 is 4.27. The normalized spacial score (nSPS) is 14.3. The summed E-state index contributed by atoms with van der Waals surface area (Å²) in [6.45, 7) is 0.220. The van der Waals surface area contributed by atoms with E-state index >= 15 is 0 Å². The molecule has 0 radical (unpaired) electrons. The Bertz CT molecular complexity index is 1620. The van der Waals surface area contributed by atoms with Crippen LogP contribution in [0.4, 0.5) is 10.5 Å². The fourth-order valence-electron chi connectivity index (χ4n) is 4.13. The first-order valence-corrected chi connectivity index (χ1v) is 13.5. The monoisotopic (exact) mass is 604 g/mol. The van der Waals surface area contributed by atoms with Gasteiger partial charge < -0.3 is 9.47 Å². The van der Waals surface area contributed by atoms with Crippen LogP contribution in [0.25, 0.3) is 16.8 Å². The molecule has 0 atom stereocenters. The molecular weight excluding hydrogens is 584 g/mol. The van der Waals surface area contributed by atoms with Gasteiger partial charge in [0.25, 0.3) is 16.8 Å². The summed E-state index contributed by atoms with van der Waals surface area (Å²) in [7, 11) is 0. The molecule has 0 N–H and O–H groups in total. The first-order valence-electron chi connectivity index (χ1n) is 11.9. The molecule has 0 aromatic heterocycles. The average molecular weight is 605 g/mol. The summed E-state index contributed by atoms with van der Waals surface area (Å²) < 4.78 is 12.6. The van der Waals surface area contributed by atoms with Crippen LogP contribution in [-0.4, -0.2) is 34.1 Å². The maximum Gasteiger partial charge on any atom is 0.293 e. The number of carbonyl (C=O) groups excluding carboxylic acids is 2. The molecule has 1 aliphatic rings. The summed E-state index contributed by atoms with van der Waals surface area (Å²) in [6.07, 6.45) is 1.59. The minimum Gasteiger partial charge on any atom is -0.491 e. The smallest absolute Gasteiger partial charge is 0.293 e. The van der Waals surface area contributed by atoms with Gasteiger partial charge in [-0.05, 0) is 53.6 Å². The van der Waals surface area contributed by atoms with Gasteiger partial charge in [-0.2, -0.15) is 0 Å². The number of fused-ring (bicyclic) bond motifs is 1. The lowest BCUT2D eigenvalue weighted by atomic mass is 10.1. The van der Waals surface area contributed by atoms with Crippen molar-refractivity contribution in [2.45, 2.75) is 6.61 Å². The number of halogens is 1. The standard InChI is InChI=1S/C29H21BrN2O6S/c30-22-12-13-25(38-18-20-7-2-4-10-24(20)32(35)36)21(16-22)17-27-28(33)31(29(34)39-27)14-15-37-26-11-5-8-19-6-1-3-9-23(19)26/h1-13,16-17H,14-15,18H2/b27-17-. The molecular formula is C29H21BrN2O6S. The van der Waals surface area contributed by atoms with Gasteiger partial charge in [0.1, 0.15) is 24.7 Å². The topological polar surface area (TPSA) is 99.0 Å². The van der Waals surface area contributed by atoms with Gasteiger partial charge >= 0.3 is 0 Å². The maximum absolute atomic E-state index is 13.1. The summed E-state index contributed by atoms with van der Waals surface area (Å²) in [4.78, 5) is 38.1. The molecule has 0 saturated carbocycles. The van der Waals surface area contributed by atoms with Crippen LogP contribution in [0.3, 0.4) is 0 Å². The fourth-order valence-corrected chi connectivity index (χ4v) is 5.37. The van der Waals surface area contributed by atoms with Gasteiger partial charge in [0.15, 0.2) is 0 Å². The van der Waals surface area contributed by atoms with Crippen LogP contribution < -0.4 is 9.47 Å². The number of thioether (sulfide) groups is 1. The van der Waals surface area contributed by atoms with Crippen LogP contribution in [0.1, 0.15) is 11.1 Å². The van der Waals surface area contributed by atoms with Crippen LogP contribution in [0.5, 0.6) is 11.5 Å². The predicted octanol–water partition coefficient (Wildman–Crippen LogP) is 7.20. The summed E-state index contributed by atoms with van der Waals surface area (Å²) in [5.74, 6) is 0.684. The molecule has 4 aromatic carbocycles. The van der Waals surface area contributed by atoms with Crippen molar-refractivity contribution in [2.24, 2.45) is 0 Å². The highest BCUT2D eigenvalue weighted by Crippen LogP contribution is 2.35. The molecule has 4 aromatic rings. The highest BCUT2D eigenvalue weighted by molar-refractivity contribution is 9.10. The summed E-state index contributed by atoms with van der Waals surface area (Å²) in [5.41, 5.74) is 0.936. The van der Waals surface area contributed by atoms with Crippen molar-refractivity contribution < 1.29 is 24.0 Å². The van der Waals surface area contributed by atoms with Gasteiger partial charge in [0.05, 0.1) is 21.9 Å². The lowest BCUT2D eigenvalue weighted by molar-refractivity contribution is -0.385. The predicted molar refractivity (Wildman–Crippen MR) is 154 cm³/mol. The van der Waals surface area contributed by atoms with Crippen LogP contribution in [0, 0.1) is 10.1 Å². The lowest BCUT2D eigenvalue weighted by Crippen LogP contribution is -2.32. The van der Waals surface area contributed by atoms with Gasteiger partial charge in [-0.3, -0.25) is 24.6 Å². The van der Waals surface area contributed by atoms with Gasteiger partial charge in [0, 0.05) is 21.5 Å². The number of imide groups is 1. The van der Waals surface area contributed by atoms with E-state index in [1.165, 1.54) is 6.07 Å². The van der Waals surface area contributed by atoms with Crippen molar-refractivity contribution >= 4 is 61.4 Å². The number of nitrogens with zero attached hydrogens (tertiary/aromatic N) is 2. The van der Waals surface area contributed by atoms with E-state index in [1.807, 2.05) is 42.5 Å². The molecule has 39 heavy (non-hydrogen) atoms. The molecule has 1 saturated heterocycles. The van der Waals surface area contributed by atoms with Crippen molar-refractivity contribution in [3.8, 4) is 11.5 Å². The molecule has 0 unspecified atom stereocenters. The number of ether oxygens (including phenoxy) is 2. The number of benzene rings is 4. The Hall–Kier alpha value is -4.15. The number of hydrogen-bond acceptors (Lipinski definition) is 7. The Morgan fingerprint density at radius 1 is 0.923 bits per heavy atom. The summed E-state index contributed by atoms with van der Waals surface area (Å²) in [5, 5.41) is 12.9. The molecule has 196 valence electrons. The number of amides is 2. The largest absolute Gasteiger partial charge is 0.491 e. The molecule has 5 rings (SSSR count). The van der Waals surface area contributed by atoms with E-state index in [4.69, 9.17) is 9.47 Å². The Morgan fingerprint density at radius 2 is 1.69 bits per heavy atom. The minimum absolute atomic E-state index is 0.0351. The third kappa shape index (κ3) is 5.97. The van der Waals surface area contributed by atoms with Gasteiger partial charge in [-0.1, -0.05) is 64.5 Å². The third-order valence-corrected chi connectivity index (χ3v) is 7.43. The van der Waals surface area contributed by atoms with Crippen LogP contribution in [0.15, 0.2) is 94.3 Å². The van der Waals surface area contributed by atoms with Crippen molar-refractivity contribution in [1.82, 2.24) is 4.90 Å². The van der Waals surface area contributed by atoms with Crippen molar-refractivity contribution in [2.75, 3.05) is 13.2 Å². The van der Waals surface area contributed by atoms with Gasteiger partial charge in [-0.25, -0.2) is 0 Å². The zero-order valence-electron chi connectivity index (χ0n) is 20.4. The second kappa shape index (κ2) is 11.7. The zero-order valence-corrected chi connectivity index (χ0v) is 22.8. The quantitative estimate of drug-likeness (QED) is 0.113. The second-order valence-electron chi connectivity index (χ2n) is 8.52. The molecule has 0 spiro atoms. The van der Waals surface area contributed by atoms with Gasteiger partial charge in [-0.15, -0.1) is 0 Å². The third-order valence-electron chi connectivity index (χ3n) is 6.03. The van der Waals surface area contributed by atoms with E-state index in [2.05, 4.69) is 15.9 Å². The second-order valence-corrected chi connectivity index (χ2v) is 10.4. The molecule has 1 fully saturated rings. The van der Waals surface area contributed by atoms with E-state index in [-0.39, 0.29) is 35.6 Å². The van der Waals surface area contributed by atoms with Crippen LogP contribution >= 0.6 is 27.7 Å². The SMILES string of the molecule is O=C1S/C(=C\c2cc(Br)ccc2OCc2ccccc2[N+](=O)[O-])C(=O)N1CCOc1cccc2ccccc12. The highest BCUT2D eigenvalue weighted by atomic mass is 79.9. The maximum atomic E-state index is 13.1. The molecule has 1 heterocycles. The Balaban J connectivity index is 1.29. The zero-order chi connectivity index (χ0) is 27.4.